The molecule has 2 aromatic rings. The summed E-state index contributed by atoms with van der Waals surface area (Å²) in [7, 11) is 3.13. The third-order valence-electron chi connectivity index (χ3n) is 6.28. The number of rotatable bonds is 5. The third kappa shape index (κ3) is 5.75. The molecule has 4 rings (SSSR count). The zero-order chi connectivity index (χ0) is 22.0. The molecule has 0 spiro atoms. The molecule has 6 nitrogen and oxygen atoms in total. The first-order valence-corrected chi connectivity index (χ1v) is 10.7. The zero-order valence-electron chi connectivity index (χ0n) is 18.3. The lowest BCUT2D eigenvalue weighted by molar-refractivity contribution is -0.142. The summed E-state index contributed by atoms with van der Waals surface area (Å²) >= 11 is 0. The molecular weight excluding hydrogens is 532 g/mol. The molecule has 3 heterocycles. The highest BCUT2D eigenvalue weighted by Gasteiger charge is 2.41. The van der Waals surface area contributed by atoms with Gasteiger partial charge in [-0.1, -0.05) is 30.3 Å². The highest BCUT2D eigenvalue weighted by molar-refractivity contribution is 14.0. The van der Waals surface area contributed by atoms with Gasteiger partial charge in [0.15, 0.2) is 11.7 Å². The lowest BCUT2D eigenvalue weighted by atomic mass is 9.96. The predicted octanol–water partition coefficient (Wildman–Crippen LogP) is 3.92. The van der Waals surface area contributed by atoms with Crippen molar-refractivity contribution in [2.24, 2.45) is 12.0 Å². The quantitative estimate of drug-likeness (QED) is 0.330. The Morgan fingerprint density at radius 1 is 1.16 bits per heavy atom. The Balaban J connectivity index is 0.00000289. The first kappa shape index (κ1) is 24.8. The van der Waals surface area contributed by atoms with E-state index in [1.807, 2.05) is 6.07 Å². The number of alkyl halides is 3. The summed E-state index contributed by atoms with van der Waals surface area (Å²) in [6.07, 6.45) is 1.31. The van der Waals surface area contributed by atoms with Crippen molar-refractivity contribution in [1.82, 2.24) is 25.3 Å². The second-order valence-electron chi connectivity index (χ2n) is 8.46. The minimum atomic E-state index is -4.47. The van der Waals surface area contributed by atoms with Gasteiger partial charge in [0.25, 0.3) is 0 Å². The largest absolute Gasteiger partial charge is 0.435 e. The van der Waals surface area contributed by atoms with Crippen LogP contribution in [0.2, 0.25) is 0 Å². The van der Waals surface area contributed by atoms with E-state index in [2.05, 4.69) is 49.9 Å². The molecule has 0 amide bonds. The van der Waals surface area contributed by atoms with Gasteiger partial charge in [0.2, 0.25) is 0 Å². The number of halogens is 4. The van der Waals surface area contributed by atoms with Gasteiger partial charge in [-0.05, 0) is 31.2 Å². The molecule has 2 atom stereocenters. The fourth-order valence-corrected chi connectivity index (χ4v) is 4.92. The van der Waals surface area contributed by atoms with Crippen LogP contribution in [0.3, 0.4) is 0 Å². The second kappa shape index (κ2) is 10.4. The fourth-order valence-electron chi connectivity index (χ4n) is 4.92. The number of hydrogen-bond donors (Lipinski definition) is 2. The number of benzene rings is 1. The second-order valence-corrected chi connectivity index (χ2v) is 8.46. The van der Waals surface area contributed by atoms with E-state index in [9.17, 15) is 13.2 Å². The lowest BCUT2D eigenvalue weighted by Gasteiger charge is -2.39. The normalized spacial score (nSPS) is 23.7. The number of hydrogen-bond acceptors (Lipinski definition) is 3. The molecule has 2 bridgehead atoms. The van der Waals surface area contributed by atoms with Gasteiger partial charge in [-0.2, -0.15) is 18.3 Å². The Labute approximate surface area is 203 Å². The molecule has 1 aromatic heterocycles. The summed E-state index contributed by atoms with van der Waals surface area (Å²) in [5.41, 5.74) is 0.584. The first-order valence-electron chi connectivity index (χ1n) is 10.7. The molecule has 1 aromatic carbocycles. The highest BCUT2D eigenvalue weighted by Crippen LogP contribution is 2.37. The molecule has 0 aliphatic carbocycles. The van der Waals surface area contributed by atoms with Crippen molar-refractivity contribution >= 4 is 29.9 Å². The Bertz CT molecular complexity index is 900. The van der Waals surface area contributed by atoms with Crippen LogP contribution in [0.15, 0.2) is 41.5 Å². The van der Waals surface area contributed by atoms with Crippen LogP contribution < -0.4 is 10.6 Å². The maximum atomic E-state index is 13.2. The number of nitrogens with one attached hydrogen (secondary N) is 2. The lowest BCUT2D eigenvalue weighted by Crippen LogP contribution is -2.52. The Kier molecular flexibility index (Phi) is 8.07. The van der Waals surface area contributed by atoms with Gasteiger partial charge in [-0.15, -0.1) is 24.0 Å². The van der Waals surface area contributed by atoms with E-state index >= 15 is 0 Å². The van der Waals surface area contributed by atoms with E-state index in [1.54, 1.807) is 7.05 Å². The van der Waals surface area contributed by atoms with E-state index in [-0.39, 0.29) is 42.1 Å². The van der Waals surface area contributed by atoms with Crippen LogP contribution in [0, 0.1) is 0 Å². The smallest absolute Gasteiger partial charge is 0.354 e. The third-order valence-corrected chi connectivity index (χ3v) is 6.28. The van der Waals surface area contributed by atoms with Gasteiger partial charge in [-0.3, -0.25) is 14.6 Å². The zero-order valence-corrected chi connectivity index (χ0v) is 20.6. The average molecular weight is 562 g/mol. The van der Waals surface area contributed by atoms with Gasteiger partial charge in [-0.25, -0.2) is 0 Å². The van der Waals surface area contributed by atoms with Crippen LogP contribution in [0.25, 0.3) is 0 Å². The topological polar surface area (TPSA) is 57.5 Å². The predicted molar refractivity (Wildman–Crippen MR) is 129 cm³/mol. The van der Waals surface area contributed by atoms with Crippen LogP contribution in [0.5, 0.6) is 0 Å². The summed E-state index contributed by atoms with van der Waals surface area (Å²) in [5.74, 6) is 0.526. The molecule has 32 heavy (non-hydrogen) atoms. The molecular formula is C22H30F3IN6. The van der Waals surface area contributed by atoms with Gasteiger partial charge in [0.05, 0.1) is 0 Å². The first-order chi connectivity index (χ1) is 14.8. The molecule has 2 saturated heterocycles. The monoisotopic (exact) mass is 562 g/mol. The average Bonchev–Trinajstić information content (AvgIpc) is 3.21. The van der Waals surface area contributed by atoms with E-state index in [0.717, 1.165) is 19.4 Å². The molecule has 2 N–H and O–H groups in total. The van der Waals surface area contributed by atoms with Crippen LogP contribution in [0.1, 0.15) is 42.5 Å². The molecule has 2 aliphatic rings. The van der Waals surface area contributed by atoms with Gasteiger partial charge in [0.1, 0.15) is 0 Å². The number of fused-ring (bicyclic) bond motifs is 2. The van der Waals surface area contributed by atoms with Crippen molar-refractivity contribution < 1.29 is 13.2 Å². The summed E-state index contributed by atoms with van der Waals surface area (Å²) in [4.78, 5) is 6.83. The minimum absolute atomic E-state index is 0. The van der Waals surface area contributed by atoms with Gasteiger partial charge < -0.3 is 10.6 Å². The van der Waals surface area contributed by atoms with E-state index < -0.39 is 11.9 Å². The molecule has 176 valence electrons. The molecule has 0 radical (unpaired) electrons. The molecule has 2 fully saturated rings. The summed E-state index contributed by atoms with van der Waals surface area (Å²) in [6.45, 7) is 0.985. The van der Waals surface area contributed by atoms with Crippen LogP contribution in [-0.4, -0.2) is 45.8 Å². The van der Waals surface area contributed by atoms with Crippen LogP contribution >= 0.6 is 24.0 Å². The molecule has 2 aliphatic heterocycles. The van der Waals surface area contributed by atoms with Gasteiger partial charge in [0, 0.05) is 57.1 Å². The van der Waals surface area contributed by atoms with E-state index in [0.29, 0.717) is 18.0 Å². The molecule has 2 unspecified atom stereocenters. The standard InChI is InChI=1S/C22H29F3N6.HI/c1-26-21(27-12-16-14-30(2)29-20(16)22(23,24)25)28-17-10-18-8-9-19(11-17)31(18)13-15-6-4-3-5-7-15;/h3-7,14,17-19H,8-13H2,1-2H3,(H2,26,27,28);1H. The highest BCUT2D eigenvalue weighted by atomic mass is 127. The fraction of sp³-hybridized carbons (Fsp3) is 0.545. The number of aromatic nitrogens is 2. The van der Waals surface area contributed by atoms with E-state index in [1.165, 1.54) is 36.3 Å². The van der Waals surface area contributed by atoms with Crippen molar-refractivity contribution in [3.8, 4) is 0 Å². The SMILES string of the molecule is CN=C(NCc1cn(C)nc1C(F)(F)F)NC1CC2CCC(C1)N2Cc1ccccc1.I. The van der Waals surface area contributed by atoms with Crippen LogP contribution in [0.4, 0.5) is 13.2 Å². The number of nitrogens with zero attached hydrogens (tertiary/aromatic N) is 4. The number of guanidine groups is 1. The number of aryl methyl sites for hydroxylation is 1. The van der Waals surface area contributed by atoms with Crippen molar-refractivity contribution in [2.75, 3.05) is 7.05 Å². The van der Waals surface area contributed by atoms with Gasteiger partial charge >= 0.3 is 6.18 Å². The summed E-state index contributed by atoms with van der Waals surface area (Å²) < 4.78 is 40.7. The maximum absolute atomic E-state index is 13.2. The van der Waals surface area contributed by atoms with Crippen molar-refractivity contribution in [2.45, 2.75) is 63.1 Å². The van der Waals surface area contributed by atoms with Crippen LogP contribution in [-0.2, 0) is 26.3 Å². The Hall–Kier alpha value is -1.82. The Morgan fingerprint density at radius 2 is 1.81 bits per heavy atom. The maximum Gasteiger partial charge on any atom is 0.435 e. The number of piperidine rings is 1. The summed E-state index contributed by atoms with van der Waals surface area (Å²) in [5, 5.41) is 10.0. The molecule has 10 heteroatoms. The molecule has 0 saturated carbocycles. The van der Waals surface area contributed by atoms with Crippen molar-refractivity contribution in [3.63, 3.8) is 0 Å². The minimum Gasteiger partial charge on any atom is -0.354 e. The van der Waals surface area contributed by atoms with Crippen molar-refractivity contribution in [1.29, 1.82) is 0 Å². The van der Waals surface area contributed by atoms with Crippen molar-refractivity contribution in [3.05, 3.63) is 53.3 Å². The summed E-state index contributed by atoms with van der Waals surface area (Å²) in [6, 6.07) is 11.8. The van der Waals surface area contributed by atoms with E-state index in [4.69, 9.17) is 0 Å². The Morgan fingerprint density at radius 3 is 2.41 bits per heavy atom. The number of aliphatic imine (C=N–C) groups is 1.